The highest BCUT2D eigenvalue weighted by atomic mass is 16.5. The first-order valence-corrected chi connectivity index (χ1v) is 15.0. The Morgan fingerprint density at radius 1 is 0.905 bits per heavy atom. The molecule has 1 fully saturated rings. The van der Waals surface area contributed by atoms with Gasteiger partial charge in [0.15, 0.2) is 0 Å². The number of nitriles is 1. The molecule has 1 aliphatic rings. The minimum Gasteiger partial charge on any atom is -0.497 e. The fraction of sp³-hybridized carbons (Fsp3) is 0.429. The number of ether oxygens (including phenoxy) is 1. The van der Waals surface area contributed by atoms with Crippen molar-refractivity contribution in [2.75, 3.05) is 74.1 Å². The summed E-state index contributed by atoms with van der Waals surface area (Å²) < 4.78 is 5.40. The number of hydrogen-bond acceptors (Lipinski definition) is 6. The van der Waals surface area contributed by atoms with E-state index in [0.717, 1.165) is 85.7 Å². The Hall–Kier alpha value is -3.70. The molecule has 1 saturated heterocycles. The minimum atomic E-state index is 0.0268. The molecule has 0 unspecified atom stereocenters. The highest BCUT2D eigenvalue weighted by Crippen LogP contribution is 2.36. The van der Waals surface area contributed by atoms with E-state index in [9.17, 15) is 10.1 Å². The summed E-state index contributed by atoms with van der Waals surface area (Å²) in [6.45, 7) is 9.40. The van der Waals surface area contributed by atoms with Crippen molar-refractivity contribution >= 4 is 5.91 Å². The molecule has 1 amide bonds. The predicted molar refractivity (Wildman–Crippen MR) is 171 cm³/mol. The van der Waals surface area contributed by atoms with Crippen molar-refractivity contribution in [3.63, 3.8) is 0 Å². The molecule has 0 bridgehead atoms. The Bertz CT molecular complexity index is 1380. The van der Waals surface area contributed by atoms with E-state index in [2.05, 4.69) is 46.9 Å². The molecule has 0 N–H and O–H groups in total. The number of amides is 1. The third-order valence-electron chi connectivity index (χ3n) is 7.98. The van der Waals surface area contributed by atoms with Crippen molar-refractivity contribution in [3.8, 4) is 34.1 Å². The molecular weight excluding hydrogens is 522 g/mol. The zero-order valence-electron chi connectivity index (χ0n) is 25.9. The molecule has 3 aromatic rings. The van der Waals surface area contributed by atoms with Gasteiger partial charge in [-0.2, -0.15) is 5.26 Å². The van der Waals surface area contributed by atoms with Crippen LogP contribution >= 0.6 is 0 Å². The Morgan fingerprint density at radius 3 is 2.36 bits per heavy atom. The molecule has 7 nitrogen and oxygen atoms in total. The summed E-state index contributed by atoms with van der Waals surface area (Å²) in [6.07, 6.45) is 2.05. The lowest BCUT2D eigenvalue weighted by Gasteiger charge is -2.25. The van der Waals surface area contributed by atoms with Crippen LogP contribution in [-0.2, 0) is 6.54 Å². The first-order valence-electron chi connectivity index (χ1n) is 15.0. The van der Waals surface area contributed by atoms with Crippen molar-refractivity contribution in [1.29, 1.82) is 5.26 Å². The quantitative estimate of drug-likeness (QED) is 0.307. The standard InChI is InChI=1S/C35H45N5O2/c1-6-16-40(22-19-37(2)3)35(41)29-11-15-33(34(24-29)28-9-12-31(42-5)13-10-28)32-14-8-27(23-30(32)25-36)26-39-18-7-17-38(4)20-21-39/h8-15,23-24H,6-7,16-22,26H2,1-5H3. The highest BCUT2D eigenvalue weighted by Gasteiger charge is 2.20. The summed E-state index contributed by atoms with van der Waals surface area (Å²) >= 11 is 0. The van der Waals surface area contributed by atoms with Gasteiger partial charge in [0, 0.05) is 50.4 Å². The number of nitrogens with zero attached hydrogens (tertiary/aromatic N) is 5. The maximum absolute atomic E-state index is 13.7. The van der Waals surface area contributed by atoms with Gasteiger partial charge in [0.25, 0.3) is 5.91 Å². The first kappa shape index (κ1) is 31.2. The number of rotatable bonds is 11. The number of methoxy groups -OCH3 is 1. The van der Waals surface area contributed by atoms with E-state index in [1.54, 1.807) is 7.11 Å². The number of benzene rings is 3. The molecule has 0 aromatic heterocycles. The van der Waals surface area contributed by atoms with Gasteiger partial charge in [-0.05, 0) is 99.7 Å². The summed E-state index contributed by atoms with van der Waals surface area (Å²) in [5, 5.41) is 10.2. The second kappa shape index (κ2) is 15.0. The van der Waals surface area contributed by atoms with Crippen molar-refractivity contribution < 1.29 is 9.53 Å². The van der Waals surface area contributed by atoms with Gasteiger partial charge in [-0.1, -0.05) is 37.3 Å². The monoisotopic (exact) mass is 567 g/mol. The number of carbonyl (C=O) groups excluding carboxylic acids is 1. The summed E-state index contributed by atoms with van der Waals surface area (Å²) in [6, 6.07) is 22.5. The van der Waals surface area contributed by atoms with Gasteiger partial charge in [-0.3, -0.25) is 9.69 Å². The minimum absolute atomic E-state index is 0.0268. The van der Waals surface area contributed by atoms with E-state index in [0.29, 0.717) is 24.2 Å². The molecule has 42 heavy (non-hydrogen) atoms. The molecule has 0 saturated carbocycles. The van der Waals surface area contributed by atoms with Crippen LogP contribution in [0.2, 0.25) is 0 Å². The summed E-state index contributed by atoms with van der Waals surface area (Å²) in [7, 11) is 7.88. The Labute approximate surface area is 251 Å². The lowest BCUT2D eigenvalue weighted by atomic mass is 9.89. The van der Waals surface area contributed by atoms with Crippen LogP contribution < -0.4 is 4.74 Å². The molecule has 1 heterocycles. The second-order valence-electron chi connectivity index (χ2n) is 11.5. The van der Waals surface area contributed by atoms with Crippen LogP contribution in [0.25, 0.3) is 22.3 Å². The second-order valence-corrected chi connectivity index (χ2v) is 11.5. The topological polar surface area (TPSA) is 63.0 Å². The lowest BCUT2D eigenvalue weighted by molar-refractivity contribution is 0.0745. The Balaban J connectivity index is 1.72. The molecular formula is C35H45N5O2. The Kier molecular flexibility index (Phi) is 11.1. The summed E-state index contributed by atoms with van der Waals surface area (Å²) in [5.74, 6) is 0.797. The molecule has 0 aliphatic carbocycles. The molecule has 0 spiro atoms. The molecule has 0 radical (unpaired) electrons. The van der Waals surface area contributed by atoms with Crippen LogP contribution in [0.4, 0.5) is 0 Å². The van der Waals surface area contributed by atoms with Crippen LogP contribution in [0.3, 0.4) is 0 Å². The van der Waals surface area contributed by atoms with Crippen LogP contribution in [0.1, 0.15) is 41.3 Å². The van der Waals surface area contributed by atoms with E-state index in [1.165, 1.54) is 0 Å². The molecule has 222 valence electrons. The van der Waals surface area contributed by atoms with Crippen LogP contribution in [0.5, 0.6) is 5.75 Å². The van der Waals surface area contributed by atoms with E-state index in [1.807, 2.05) is 67.5 Å². The molecule has 4 rings (SSSR count). The van der Waals surface area contributed by atoms with E-state index >= 15 is 0 Å². The van der Waals surface area contributed by atoms with Crippen LogP contribution in [-0.4, -0.2) is 99.6 Å². The zero-order valence-corrected chi connectivity index (χ0v) is 25.9. The maximum Gasteiger partial charge on any atom is 0.253 e. The molecule has 7 heteroatoms. The summed E-state index contributed by atoms with van der Waals surface area (Å²) in [4.78, 5) is 22.6. The average molecular weight is 568 g/mol. The fourth-order valence-corrected chi connectivity index (χ4v) is 5.54. The largest absolute Gasteiger partial charge is 0.497 e. The van der Waals surface area contributed by atoms with Crippen molar-refractivity contribution in [2.24, 2.45) is 0 Å². The third-order valence-corrected chi connectivity index (χ3v) is 7.98. The van der Waals surface area contributed by atoms with Gasteiger partial charge < -0.3 is 19.4 Å². The van der Waals surface area contributed by atoms with Gasteiger partial charge in [0.05, 0.1) is 18.7 Å². The van der Waals surface area contributed by atoms with Crippen LogP contribution in [0, 0.1) is 11.3 Å². The smallest absolute Gasteiger partial charge is 0.253 e. The van der Waals surface area contributed by atoms with Gasteiger partial charge in [-0.25, -0.2) is 0 Å². The molecule has 0 atom stereocenters. The summed E-state index contributed by atoms with van der Waals surface area (Å²) in [5.41, 5.74) is 6.15. The normalized spacial score (nSPS) is 14.4. The van der Waals surface area contributed by atoms with Crippen molar-refractivity contribution in [2.45, 2.75) is 26.3 Å². The number of carbonyl (C=O) groups is 1. The van der Waals surface area contributed by atoms with E-state index in [-0.39, 0.29) is 5.91 Å². The fourth-order valence-electron chi connectivity index (χ4n) is 5.54. The lowest BCUT2D eigenvalue weighted by Crippen LogP contribution is -2.37. The first-order chi connectivity index (χ1) is 20.3. The van der Waals surface area contributed by atoms with Gasteiger partial charge in [0.1, 0.15) is 5.75 Å². The Morgan fingerprint density at radius 2 is 1.67 bits per heavy atom. The van der Waals surface area contributed by atoms with Crippen molar-refractivity contribution in [1.82, 2.24) is 19.6 Å². The maximum atomic E-state index is 13.7. The van der Waals surface area contributed by atoms with Gasteiger partial charge in [-0.15, -0.1) is 0 Å². The average Bonchev–Trinajstić information content (AvgIpc) is 3.22. The van der Waals surface area contributed by atoms with Crippen LogP contribution in [0.15, 0.2) is 60.7 Å². The van der Waals surface area contributed by atoms with E-state index in [4.69, 9.17) is 4.74 Å². The highest BCUT2D eigenvalue weighted by molar-refractivity contribution is 5.98. The number of likely N-dealkylation sites (N-methyl/N-ethyl adjacent to an activating group) is 2. The zero-order chi connectivity index (χ0) is 30.1. The third kappa shape index (κ3) is 7.98. The SMILES string of the molecule is CCCN(CCN(C)C)C(=O)c1ccc(-c2ccc(CN3CCCN(C)CC3)cc2C#N)c(-c2ccc(OC)cc2)c1. The number of hydrogen-bond donors (Lipinski definition) is 0. The van der Waals surface area contributed by atoms with Gasteiger partial charge >= 0.3 is 0 Å². The molecule has 1 aliphatic heterocycles. The predicted octanol–water partition coefficient (Wildman–Crippen LogP) is 5.45. The van der Waals surface area contributed by atoms with Gasteiger partial charge in [0.2, 0.25) is 0 Å². The molecule has 3 aromatic carbocycles. The van der Waals surface area contributed by atoms with Crippen molar-refractivity contribution in [3.05, 3.63) is 77.4 Å². The van der Waals surface area contributed by atoms with E-state index < -0.39 is 0 Å².